The SMILES string of the molecule is COc1ccccc1NS(=O)(=O)c1ccc(C(=O)NC(C)c2ccc3c(c2)OCO3)cc1. The van der Waals surface area contributed by atoms with Gasteiger partial charge in [0.1, 0.15) is 5.75 Å². The number of carbonyl (C=O) groups is 1. The Morgan fingerprint density at radius 1 is 1.00 bits per heavy atom. The molecule has 2 N–H and O–H groups in total. The summed E-state index contributed by atoms with van der Waals surface area (Å²) in [5, 5.41) is 2.90. The van der Waals surface area contributed by atoms with Gasteiger partial charge >= 0.3 is 0 Å². The van der Waals surface area contributed by atoms with Crippen LogP contribution in [0, 0.1) is 0 Å². The van der Waals surface area contributed by atoms with E-state index in [9.17, 15) is 13.2 Å². The van der Waals surface area contributed by atoms with Crippen LogP contribution in [0.1, 0.15) is 28.9 Å². The average molecular weight is 455 g/mol. The van der Waals surface area contributed by atoms with Crippen LogP contribution in [0.4, 0.5) is 5.69 Å². The highest BCUT2D eigenvalue weighted by Crippen LogP contribution is 2.34. The minimum Gasteiger partial charge on any atom is -0.495 e. The summed E-state index contributed by atoms with van der Waals surface area (Å²) in [5.41, 5.74) is 1.53. The van der Waals surface area contributed by atoms with Crippen molar-refractivity contribution in [3.8, 4) is 17.2 Å². The molecule has 0 radical (unpaired) electrons. The van der Waals surface area contributed by atoms with E-state index in [1.54, 1.807) is 30.3 Å². The molecule has 166 valence electrons. The van der Waals surface area contributed by atoms with Crippen molar-refractivity contribution < 1.29 is 27.4 Å². The van der Waals surface area contributed by atoms with E-state index in [0.29, 0.717) is 28.5 Å². The fourth-order valence-electron chi connectivity index (χ4n) is 3.26. The Bertz CT molecular complexity index is 1240. The predicted molar refractivity (Wildman–Crippen MR) is 119 cm³/mol. The van der Waals surface area contributed by atoms with Crippen molar-refractivity contribution in [2.24, 2.45) is 0 Å². The number of hydrogen-bond acceptors (Lipinski definition) is 6. The number of carbonyl (C=O) groups excluding carboxylic acids is 1. The van der Waals surface area contributed by atoms with Gasteiger partial charge in [-0.3, -0.25) is 9.52 Å². The van der Waals surface area contributed by atoms with E-state index in [0.717, 1.165) is 5.56 Å². The number of amides is 1. The molecule has 0 saturated heterocycles. The molecule has 3 aromatic rings. The summed E-state index contributed by atoms with van der Waals surface area (Å²) in [7, 11) is -2.38. The Hall–Kier alpha value is -3.72. The number of fused-ring (bicyclic) bond motifs is 1. The summed E-state index contributed by atoms with van der Waals surface area (Å²) in [6.07, 6.45) is 0. The van der Waals surface area contributed by atoms with Crippen molar-refractivity contribution in [1.29, 1.82) is 0 Å². The molecule has 1 aliphatic heterocycles. The van der Waals surface area contributed by atoms with Crippen molar-refractivity contribution >= 4 is 21.6 Å². The van der Waals surface area contributed by atoms with Gasteiger partial charge in [0.25, 0.3) is 15.9 Å². The maximum atomic E-state index is 12.7. The standard InChI is InChI=1S/C23H22N2O6S/c1-15(17-9-12-21-22(13-17)31-14-30-21)24-23(26)16-7-10-18(11-8-16)32(27,28)25-19-5-3-4-6-20(19)29-2/h3-13,15,25H,14H2,1-2H3,(H,24,26). The number of nitrogens with one attached hydrogen (secondary N) is 2. The van der Waals surface area contributed by atoms with Crippen LogP contribution < -0.4 is 24.2 Å². The third kappa shape index (κ3) is 4.47. The van der Waals surface area contributed by atoms with Gasteiger partial charge in [0, 0.05) is 5.56 Å². The topological polar surface area (TPSA) is 103 Å². The van der Waals surface area contributed by atoms with Gasteiger partial charge in [-0.15, -0.1) is 0 Å². The highest BCUT2D eigenvalue weighted by atomic mass is 32.2. The van der Waals surface area contributed by atoms with Crippen molar-refractivity contribution in [3.05, 3.63) is 77.9 Å². The Morgan fingerprint density at radius 2 is 1.72 bits per heavy atom. The highest BCUT2D eigenvalue weighted by molar-refractivity contribution is 7.92. The second kappa shape index (κ2) is 8.80. The lowest BCUT2D eigenvalue weighted by Crippen LogP contribution is -2.26. The van der Waals surface area contributed by atoms with Gasteiger partial charge in [-0.05, 0) is 61.0 Å². The smallest absolute Gasteiger partial charge is 0.262 e. The van der Waals surface area contributed by atoms with Crippen molar-refractivity contribution in [3.63, 3.8) is 0 Å². The summed E-state index contributed by atoms with van der Waals surface area (Å²) in [4.78, 5) is 12.7. The van der Waals surface area contributed by atoms with Gasteiger partial charge < -0.3 is 19.5 Å². The van der Waals surface area contributed by atoms with E-state index in [4.69, 9.17) is 14.2 Å². The van der Waals surface area contributed by atoms with Gasteiger partial charge in [-0.25, -0.2) is 8.42 Å². The number of sulfonamides is 1. The van der Waals surface area contributed by atoms with E-state index < -0.39 is 10.0 Å². The lowest BCUT2D eigenvalue weighted by Gasteiger charge is -2.15. The third-order valence-corrected chi connectivity index (χ3v) is 6.40. The van der Waals surface area contributed by atoms with Crippen LogP contribution in [-0.4, -0.2) is 28.2 Å². The molecule has 4 rings (SSSR count). The first kappa shape index (κ1) is 21.5. The van der Waals surface area contributed by atoms with Crippen LogP contribution in [0.3, 0.4) is 0 Å². The van der Waals surface area contributed by atoms with Crippen LogP contribution in [0.15, 0.2) is 71.6 Å². The number of methoxy groups -OCH3 is 1. The summed E-state index contributed by atoms with van der Waals surface area (Å²) < 4.78 is 43.8. The molecule has 3 aromatic carbocycles. The maximum Gasteiger partial charge on any atom is 0.262 e. The highest BCUT2D eigenvalue weighted by Gasteiger charge is 2.19. The number of hydrogen-bond donors (Lipinski definition) is 2. The Balaban J connectivity index is 1.45. The first-order valence-corrected chi connectivity index (χ1v) is 11.3. The number of rotatable bonds is 7. The summed E-state index contributed by atoms with van der Waals surface area (Å²) >= 11 is 0. The second-order valence-electron chi connectivity index (χ2n) is 7.14. The zero-order valence-electron chi connectivity index (χ0n) is 17.5. The van der Waals surface area contributed by atoms with Crippen LogP contribution in [0.5, 0.6) is 17.2 Å². The van der Waals surface area contributed by atoms with E-state index in [2.05, 4.69) is 10.0 Å². The summed E-state index contributed by atoms with van der Waals surface area (Å²) in [6, 6.07) is 17.6. The Morgan fingerprint density at radius 3 is 2.47 bits per heavy atom. The normalized spacial score (nSPS) is 13.3. The van der Waals surface area contributed by atoms with Crippen molar-refractivity contribution in [2.75, 3.05) is 18.6 Å². The van der Waals surface area contributed by atoms with Crippen molar-refractivity contribution in [1.82, 2.24) is 5.32 Å². The van der Waals surface area contributed by atoms with E-state index >= 15 is 0 Å². The fourth-order valence-corrected chi connectivity index (χ4v) is 4.33. The third-order valence-electron chi connectivity index (χ3n) is 5.02. The van der Waals surface area contributed by atoms with E-state index in [1.807, 2.05) is 19.1 Å². The number of benzene rings is 3. The molecule has 1 amide bonds. The molecule has 0 aliphatic carbocycles. The van der Waals surface area contributed by atoms with Crippen LogP contribution in [0.2, 0.25) is 0 Å². The quantitative estimate of drug-likeness (QED) is 0.564. The molecule has 1 unspecified atom stereocenters. The molecule has 1 heterocycles. The molecule has 9 heteroatoms. The van der Waals surface area contributed by atoms with Crippen LogP contribution in [-0.2, 0) is 10.0 Å². The molecule has 0 saturated carbocycles. The minimum atomic E-state index is -3.85. The minimum absolute atomic E-state index is 0.0313. The monoisotopic (exact) mass is 454 g/mol. The van der Waals surface area contributed by atoms with Gasteiger partial charge in [0.2, 0.25) is 6.79 Å². The molecule has 0 aromatic heterocycles. The molecule has 32 heavy (non-hydrogen) atoms. The lowest BCUT2D eigenvalue weighted by atomic mass is 10.1. The molecule has 1 atom stereocenters. The molecule has 1 aliphatic rings. The number of anilines is 1. The zero-order chi connectivity index (χ0) is 22.7. The summed E-state index contributed by atoms with van der Waals surface area (Å²) in [5.74, 6) is 1.40. The molecular weight excluding hydrogens is 432 g/mol. The first-order valence-electron chi connectivity index (χ1n) is 9.84. The Kier molecular flexibility index (Phi) is 5.91. The van der Waals surface area contributed by atoms with E-state index in [-0.39, 0.29) is 23.6 Å². The molecule has 0 bridgehead atoms. The second-order valence-corrected chi connectivity index (χ2v) is 8.82. The van der Waals surface area contributed by atoms with Crippen LogP contribution in [0.25, 0.3) is 0 Å². The van der Waals surface area contributed by atoms with Gasteiger partial charge in [-0.1, -0.05) is 18.2 Å². The zero-order valence-corrected chi connectivity index (χ0v) is 18.3. The molecule has 8 nitrogen and oxygen atoms in total. The van der Waals surface area contributed by atoms with Crippen LogP contribution >= 0.6 is 0 Å². The average Bonchev–Trinajstić information content (AvgIpc) is 3.27. The molecule has 0 spiro atoms. The molecule has 0 fully saturated rings. The Labute approximate surface area is 186 Å². The van der Waals surface area contributed by atoms with Gasteiger partial charge in [-0.2, -0.15) is 0 Å². The summed E-state index contributed by atoms with van der Waals surface area (Å²) in [6.45, 7) is 2.03. The fraction of sp³-hybridized carbons (Fsp3) is 0.174. The molecular formula is C23H22N2O6S. The van der Waals surface area contributed by atoms with Crippen molar-refractivity contribution in [2.45, 2.75) is 17.9 Å². The predicted octanol–water partition coefficient (Wildman–Crippen LogP) is 3.72. The number of para-hydroxylation sites is 2. The van der Waals surface area contributed by atoms with E-state index in [1.165, 1.54) is 31.4 Å². The maximum absolute atomic E-state index is 12.7. The van der Waals surface area contributed by atoms with Gasteiger partial charge in [0.15, 0.2) is 11.5 Å². The largest absolute Gasteiger partial charge is 0.495 e. The number of ether oxygens (including phenoxy) is 3. The van der Waals surface area contributed by atoms with Gasteiger partial charge in [0.05, 0.1) is 23.7 Å². The first-order chi connectivity index (χ1) is 15.4. The lowest BCUT2D eigenvalue weighted by molar-refractivity contribution is 0.0939.